The lowest BCUT2D eigenvalue weighted by molar-refractivity contribution is -0.268. The summed E-state index contributed by atoms with van der Waals surface area (Å²) >= 11 is 0. The Morgan fingerprint density at radius 2 is 0.955 bits per heavy atom. The van der Waals surface area contributed by atoms with E-state index in [2.05, 4.69) is 9.05 Å². The summed E-state index contributed by atoms with van der Waals surface area (Å²) in [5, 5.41) is 37.8. The smallest absolute Gasteiger partial charge is 0.265 e. The van der Waals surface area contributed by atoms with Crippen molar-refractivity contribution in [2.75, 3.05) is 0 Å². The van der Waals surface area contributed by atoms with E-state index in [0.29, 0.717) is 0 Å². The van der Waals surface area contributed by atoms with Gasteiger partial charge in [0.15, 0.2) is 0 Å². The zero-order valence-electron chi connectivity index (χ0n) is 11.5. The Kier molecular flexibility index (Phi) is 9.02. The average molecular weight is 374 g/mol. The van der Waals surface area contributed by atoms with Crippen LogP contribution in [0, 0.1) is 0 Å². The van der Waals surface area contributed by atoms with Crippen LogP contribution in [-0.2, 0) is 18.2 Å². The molecule has 136 valence electrons. The van der Waals surface area contributed by atoms with E-state index in [4.69, 9.17) is 9.79 Å². The molecule has 14 nitrogen and oxygen atoms in total. The van der Waals surface area contributed by atoms with E-state index in [9.17, 15) is 39.3 Å². The lowest BCUT2D eigenvalue weighted by atomic mass is 9.85. The molecule has 1 saturated carbocycles. The minimum atomic E-state index is -5.46. The molecule has 0 bridgehead atoms. The molecule has 0 aromatic heterocycles. The molecule has 1 aliphatic rings. The van der Waals surface area contributed by atoms with E-state index >= 15 is 0 Å². The van der Waals surface area contributed by atoms with E-state index in [1.807, 2.05) is 0 Å². The van der Waals surface area contributed by atoms with Crippen molar-refractivity contribution >= 4 is 15.6 Å². The number of rotatable bonds is 4. The molecular formula is C6H20N2O12P2. The zero-order valence-corrected chi connectivity index (χ0v) is 13.3. The molecule has 0 radical (unpaired) electrons. The third-order valence-electron chi connectivity index (χ3n) is 2.56. The second kappa shape index (κ2) is 8.19. The highest BCUT2D eigenvalue weighted by atomic mass is 31.2. The fraction of sp³-hybridized carbons (Fsp3) is 1.00. The number of hydrogen-bond acceptors (Lipinski definition) is 10. The van der Waals surface area contributed by atoms with E-state index in [-0.39, 0.29) is 12.3 Å². The summed E-state index contributed by atoms with van der Waals surface area (Å²) in [5.74, 6) is 0. The van der Waals surface area contributed by atoms with Crippen molar-refractivity contribution in [2.24, 2.45) is 0 Å². The molecule has 0 spiro atoms. The minimum Gasteiger partial charge on any atom is -0.756 e. The summed E-state index contributed by atoms with van der Waals surface area (Å²) in [5.41, 5.74) is 0. The van der Waals surface area contributed by atoms with E-state index in [1.165, 1.54) is 0 Å². The Morgan fingerprint density at radius 3 is 1.18 bits per heavy atom. The SMILES string of the molecule is O=P([O-])(O)OC1C(O)[C@@H](OP(=O)([O-])O)[C@@H](O)C(O)[C@@H]1O.[NH4+].[NH4+]. The van der Waals surface area contributed by atoms with Gasteiger partial charge in [-0.2, -0.15) is 0 Å². The highest BCUT2D eigenvalue weighted by Crippen LogP contribution is 2.42. The van der Waals surface area contributed by atoms with Gasteiger partial charge in [-0.1, -0.05) is 0 Å². The van der Waals surface area contributed by atoms with Gasteiger partial charge in [0.25, 0.3) is 15.6 Å². The number of aliphatic hydroxyl groups excluding tert-OH is 4. The van der Waals surface area contributed by atoms with Crippen LogP contribution in [0.15, 0.2) is 0 Å². The van der Waals surface area contributed by atoms with Crippen LogP contribution in [0.4, 0.5) is 0 Å². The molecule has 1 fully saturated rings. The molecule has 16 heteroatoms. The number of aliphatic hydroxyl groups is 4. The van der Waals surface area contributed by atoms with Crippen LogP contribution < -0.4 is 22.1 Å². The van der Waals surface area contributed by atoms with Gasteiger partial charge in [-0.3, -0.25) is 9.13 Å². The van der Waals surface area contributed by atoms with Crippen LogP contribution in [0.3, 0.4) is 0 Å². The van der Waals surface area contributed by atoms with Gasteiger partial charge >= 0.3 is 0 Å². The van der Waals surface area contributed by atoms with Crippen molar-refractivity contribution in [3.63, 3.8) is 0 Å². The molecule has 5 unspecified atom stereocenters. The van der Waals surface area contributed by atoms with E-state index < -0.39 is 52.3 Å². The predicted octanol–water partition coefficient (Wildman–Crippen LogP) is -4.11. The molecule has 1 aliphatic carbocycles. The second-order valence-corrected chi connectivity index (χ2v) is 6.34. The molecular weight excluding hydrogens is 354 g/mol. The summed E-state index contributed by atoms with van der Waals surface area (Å²) in [6.45, 7) is 0. The number of phosphoric ester groups is 2. The monoisotopic (exact) mass is 374 g/mol. The van der Waals surface area contributed by atoms with E-state index in [0.717, 1.165) is 0 Å². The largest absolute Gasteiger partial charge is 0.756 e. The maximum Gasteiger partial charge on any atom is 0.265 e. The first-order chi connectivity index (χ1) is 8.83. The number of phosphoric acid groups is 2. The molecule has 8 atom stereocenters. The van der Waals surface area contributed by atoms with Crippen LogP contribution in [0.25, 0.3) is 0 Å². The average Bonchev–Trinajstić information content (AvgIpc) is 2.25. The lowest BCUT2D eigenvalue weighted by Crippen LogP contribution is -2.64. The van der Waals surface area contributed by atoms with Crippen molar-refractivity contribution in [2.45, 2.75) is 36.6 Å². The standard InChI is InChI=1S/C6H14O12P2.2H3N/c7-1-2(8)5(17-19(11,12)13)4(10)6(3(1)9)18-20(14,15)16;;/h1-10H,(H2,11,12,13)(H2,14,15,16);2*1H3/t1?,2-,3-,4?,5-,6?;;/m0../s1. The topological polar surface area (TPSA) is 293 Å². The van der Waals surface area contributed by atoms with Crippen molar-refractivity contribution in [3.05, 3.63) is 0 Å². The third kappa shape index (κ3) is 6.23. The maximum absolute atomic E-state index is 10.6. The fourth-order valence-corrected chi connectivity index (χ4v) is 2.85. The molecule has 0 heterocycles. The first-order valence-corrected chi connectivity index (χ1v) is 7.99. The molecule has 0 aromatic carbocycles. The van der Waals surface area contributed by atoms with Crippen molar-refractivity contribution in [1.82, 2.24) is 12.3 Å². The van der Waals surface area contributed by atoms with Crippen LogP contribution in [0.5, 0.6) is 0 Å². The van der Waals surface area contributed by atoms with Crippen LogP contribution in [-0.4, -0.2) is 66.8 Å². The van der Waals surface area contributed by atoms with Gasteiger partial charge in [-0.15, -0.1) is 0 Å². The van der Waals surface area contributed by atoms with Crippen LogP contribution >= 0.6 is 15.6 Å². The predicted molar refractivity (Wildman–Crippen MR) is 65.4 cm³/mol. The maximum atomic E-state index is 10.6. The lowest BCUT2D eigenvalue weighted by Gasteiger charge is -2.44. The van der Waals surface area contributed by atoms with Gasteiger partial charge in [0.2, 0.25) is 0 Å². The van der Waals surface area contributed by atoms with Crippen LogP contribution in [0.1, 0.15) is 0 Å². The molecule has 22 heavy (non-hydrogen) atoms. The minimum absolute atomic E-state index is 0. The molecule has 0 aliphatic heterocycles. The first-order valence-electron chi connectivity index (χ1n) is 5.00. The summed E-state index contributed by atoms with van der Waals surface area (Å²) in [6.07, 6.45) is -13.3. The molecule has 1 rings (SSSR count). The fourth-order valence-electron chi connectivity index (χ4n) is 1.74. The Bertz CT molecular complexity index is 399. The van der Waals surface area contributed by atoms with Gasteiger partial charge in [-0.25, -0.2) is 0 Å². The van der Waals surface area contributed by atoms with E-state index in [1.54, 1.807) is 0 Å². The van der Waals surface area contributed by atoms with Gasteiger partial charge in [-0.05, 0) is 0 Å². The second-order valence-electron chi connectivity index (χ2n) is 4.04. The van der Waals surface area contributed by atoms with Gasteiger partial charge < -0.3 is 61.3 Å². The quantitative estimate of drug-likeness (QED) is 0.218. The van der Waals surface area contributed by atoms with Gasteiger partial charge in [0.05, 0.1) is 0 Å². The van der Waals surface area contributed by atoms with Crippen molar-refractivity contribution in [1.29, 1.82) is 0 Å². The van der Waals surface area contributed by atoms with Crippen molar-refractivity contribution < 1.29 is 58.2 Å². The van der Waals surface area contributed by atoms with Crippen LogP contribution in [0.2, 0.25) is 0 Å². The molecule has 0 amide bonds. The zero-order chi connectivity index (χ0) is 15.9. The Balaban J connectivity index is 0. The normalized spacial score (nSPS) is 40.5. The van der Waals surface area contributed by atoms with Crippen molar-refractivity contribution in [3.8, 4) is 0 Å². The Labute approximate surface area is 124 Å². The highest BCUT2D eigenvalue weighted by molar-refractivity contribution is 7.45. The summed E-state index contributed by atoms with van der Waals surface area (Å²) in [4.78, 5) is 38.1. The Hall–Kier alpha value is -0.0200. The highest BCUT2D eigenvalue weighted by Gasteiger charge is 2.52. The van der Waals surface area contributed by atoms with Gasteiger partial charge in [0.1, 0.15) is 36.6 Å². The molecule has 0 aromatic rings. The van der Waals surface area contributed by atoms with Gasteiger partial charge in [0, 0.05) is 0 Å². The number of hydrogen-bond donors (Lipinski definition) is 8. The number of quaternary nitrogens is 2. The molecule has 14 N–H and O–H groups in total. The summed E-state index contributed by atoms with van der Waals surface area (Å²) < 4.78 is 28.9. The Morgan fingerprint density at radius 1 is 0.682 bits per heavy atom. The third-order valence-corrected chi connectivity index (χ3v) is 3.58. The summed E-state index contributed by atoms with van der Waals surface area (Å²) in [6, 6.07) is 0. The first kappa shape index (κ1) is 24.2. The molecule has 0 saturated heterocycles. The summed E-state index contributed by atoms with van der Waals surface area (Å²) in [7, 11) is -10.9.